The number of likely N-dealkylation sites (N-methyl/N-ethyl adjacent to an activating group) is 1. The SMILES string of the molecule is CN(C)CCNc1ncc(N)cc1Br. The van der Waals surface area contributed by atoms with Crippen molar-refractivity contribution < 1.29 is 0 Å². The van der Waals surface area contributed by atoms with Crippen LogP contribution in [0.2, 0.25) is 0 Å². The van der Waals surface area contributed by atoms with Gasteiger partial charge in [0.2, 0.25) is 0 Å². The van der Waals surface area contributed by atoms with Gasteiger partial charge in [0.25, 0.3) is 0 Å². The predicted octanol–water partition coefficient (Wildman–Crippen LogP) is 1.40. The molecule has 78 valence electrons. The van der Waals surface area contributed by atoms with Crippen molar-refractivity contribution in [3.63, 3.8) is 0 Å². The predicted molar refractivity (Wildman–Crippen MR) is 63.4 cm³/mol. The van der Waals surface area contributed by atoms with E-state index in [0.717, 1.165) is 23.4 Å². The zero-order valence-corrected chi connectivity index (χ0v) is 10.0. The van der Waals surface area contributed by atoms with E-state index in [1.807, 2.05) is 20.2 Å². The van der Waals surface area contributed by atoms with Gasteiger partial charge in [-0.3, -0.25) is 0 Å². The van der Waals surface area contributed by atoms with Gasteiger partial charge in [-0.25, -0.2) is 4.98 Å². The molecule has 0 aromatic carbocycles. The molecule has 14 heavy (non-hydrogen) atoms. The molecule has 0 fully saturated rings. The minimum absolute atomic E-state index is 0.662. The summed E-state index contributed by atoms with van der Waals surface area (Å²) in [6.07, 6.45) is 1.64. The average Bonchev–Trinajstić information content (AvgIpc) is 2.08. The second-order valence-corrected chi connectivity index (χ2v) is 4.18. The molecule has 3 N–H and O–H groups in total. The summed E-state index contributed by atoms with van der Waals surface area (Å²) in [5, 5.41) is 3.22. The first-order valence-corrected chi connectivity index (χ1v) is 5.18. The number of hydrogen-bond donors (Lipinski definition) is 2. The molecule has 0 radical (unpaired) electrons. The second kappa shape index (κ2) is 5.17. The summed E-state index contributed by atoms with van der Waals surface area (Å²) >= 11 is 3.40. The fraction of sp³-hybridized carbons (Fsp3) is 0.444. The fourth-order valence-corrected chi connectivity index (χ4v) is 1.49. The highest BCUT2D eigenvalue weighted by Gasteiger charge is 2.00. The van der Waals surface area contributed by atoms with Crippen molar-refractivity contribution >= 4 is 27.4 Å². The van der Waals surface area contributed by atoms with E-state index in [1.165, 1.54) is 0 Å². The zero-order valence-electron chi connectivity index (χ0n) is 8.42. The highest BCUT2D eigenvalue weighted by Crippen LogP contribution is 2.21. The van der Waals surface area contributed by atoms with E-state index < -0.39 is 0 Å². The lowest BCUT2D eigenvalue weighted by Gasteiger charge is -2.11. The van der Waals surface area contributed by atoms with Crippen LogP contribution in [-0.2, 0) is 0 Å². The van der Waals surface area contributed by atoms with Gasteiger partial charge in [0.05, 0.1) is 16.4 Å². The van der Waals surface area contributed by atoms with Crippen LogP contribution in [0.3, 0.4) is 0 Å². The fourth-order valence-electron chi connectivity index (χ4n) is 0.981. The molecule has 4 nitrogen and oxygen atoms in total. The van der Waals surface area contributed by atoms with Crippen LogP contribution in [0.15, 0.2) is 16.7 Å². The summed E-state index contributed by atoms with van der Waals surface area (Å²) in [4.78, 5) is 6.28. The van der Waals surface area contributed by atoms with E-state index in [2.05, 4.69) is 31.1 Å². The highest BCUT2D eigenvalue weighted by atomic mass is 79.9. The molecule has 0 aliphatic rings. The van der Waals surface area contributed by atoms with Gasteiger partial charge in [-0.15, -0.1) is 0 Å². The summed E-state index contributed by atoms with van der Waals surface area (Å²) < 4.78 is 0.899. The topological polar surface area (TPSA) is 54.2 Å². The molecule has 0 aliphatic carbocycles. The van der Waals surface area contributed by atoms with Gasteiger partial charge >= 0.3 is 0 Å². The minimum Gasteiger partial charge on any atom is -0.397 e. The van der Waals surface area contributed by atoms with Crippen LogP contribution in [0.1, 0.15) is 0 Å². The number of pyridine rings is 1. The molecular formula is C9H15BrN4. The highest BCUT2D eigenvalue weighted by molar-refractivity contribution is 9.10. The lowest BCUT2D eigenvalue weighted by Crippen LogP contribution is -2.21. The molecular weight excluding hydrogens is 244 g/mol. The van der Waals surface area contributed by atoms with Crippen LogP contribution in [-0.4, -0.2) is 37.1 Å². The van der Waals surface area contributed by atoms with Crippen LogP contribution in [0.25, 0.3) is 0 Å². The van der Waals surface area contributed by atoms with E-state index in [9.17, 15) is 0 Å². The quantitative estimate of drug-likeness (QED) is 0.858. The summed E-state index contributed by atoms with van der Waals surface area (Å²) in [5.74, 6) is 0.834. The summed E-state index contributed by atoms with van der Waals surface area (Å²) in [5.41, 5.74) is 6.24. The number of nitrogen functional groups attached to an aromatic ring is 1. The number of nitrogens with two attached hydrogens (primary N) is 1. The van der Waals surface area contributed by atoms with Gasteiger partial charge in [0.15, 0.2) is 0 Å². The molecule has 1 heterocycles. The molecule has 0 saturated carbocycles. The Hall–Kier alpha value is -0.810. The molecule has 1 aromatic rings. The van der Waals surface area contributed by atoms with Crippen molar-refractivity contribution in [3.8, 4) is 0 Å². The first kappa shape index (κ1) is 11.3. The number of hydrogen-bond acceptors (Lipinski definition) is 4. The zero-order chi connectivity index (χ0) is 10.6. The van der Waals surface area contributed by atoms with Crippen molar-refractivity contribution in [2.24, 2.45) is 0 Å². The Morgan fingerprint density at radius 2 is 2.29 bits per heavy atom. The Morgan fingerprint density at radius 1 is 1.57 bits per heavy atom. The first-order valence-electron chi connectivity index (χ1n) is 4.39. The lowest BCUT2D eigenvalue weighted by atomic mass is 10.4. The van der Waals surface area contributed by atoms with Crippen LogP contribution in [0, 0.1) is 0 Å². The van der Waals surface area contributed by atoms with E-state index in [0.29, 0.717) is 5.69 Å². The Balaban J connectivity index is 2.51. The third-order valence-corrected chi connectivity index (χ3v) is 2.32. The molecule has 0 amide bonds. The minimum atomic E-state index is 0.662. The van der Waals surface area contributed by atoms with E-state index in [-0.39, 0.29) is 0 Å². The average molecular weight is 259 g/mol. The molecule has 0 saturated heterocycles. The number of nitrogens with one attached hydrogen (secondary N) is 1. The van der Waals surface area contributed by atoms with Gasteiger partial charge in [-0.2, -0.15) is 0 Å². The smallest absolute Gasteiger partial charge is 0.140 e. The Bertz CT molecular complexity index is 301. The van der Waals surface area contributed by atoms with Gasteiger partial charge in [0.1, 0.15) is 5.82 Å². The van der Waals surface area contributed by atoms with Crippen molar-refractivity contribution in [1.82, 2.24) is 9.88 Å². The lowest BCUT2D eigenvalue weighted by molar-refractivity contribution is 0.425. The van der Waals surface area contributed by atoms with Crippen molar-refractivity contribution in [2.45, 2.75) is 0 Å². The normalized spacial score (nSPS) is 10.6. The maximum Gasteiger partial charge on any atom is 0.140 e. The Morgan fingerprint density at radius 3 is 2.86 bits per heavy atom. The molecule has 0 aliphatic heterocycles. The summed E-state index contributed by atoms with van der Waals surface area (Å²) in [7, 11) is 4.07. The summed E-state index contributed by atoms with van der Waals surface area (Å²) in [6.45, 7) is 1.83. The molecule has 1 aromatic heterocycles. The maximum absolute atomic E-state index is 5.58. The molecule has 0 unspecified atom stereocenters. The third-order valence-electron chi connectivity index (χ3n) is 1.71. The number of nitrogens with zero attached hydrogens (tertiary/aromatic N) is 2. The number of rotatable bonds is 4. The number of aromatic nitrogens is 1. The number of halogens is 1. The molecule has 0 spiro atoms. The molecule has 1 rings (SSSR count). The van der Waals surface area contributed by atoms with Gasteiger partial charge in [-0.05, 0) is 36.1 Å². The molecule has 0 bridgehead atoms. The third kappa shape index (κ3) is 3.51. The van der Waals surface area contributed by atoms with Crippen molar-refractivity contribution in [2.75, 3.05) is 38.2 Å². The Kier molecular flexibility index (Phi) is 4.16. The maximum atomic E-state index is 5.58. The summed E-state index contributed by atoms with van der Waals surface area (Å²) in [6, 6.07) is 1.84. The van der Waals surface area contributed by atoms with E-state index in [1.54, 1.807) is 6.20 Å². The van der Waals surface area contributed by atoms with Crippen molar-refractivity contribution in [3.05, 3.63) is 16.7 Å². The van der Waals surface area contributed by atoms with Crippen LogP contribution in [0.4, 0.5) is 11.5 Å². The van der Waals surface area contributed by atoms with Crippen LogP contribution >= 0.6 is 15.9 Å². The largest absolute Gasteiger partial charge is 0.397 e. The van der Waals surface area contributed by atoms with Crippen LogP contribution < -0.4 is 11.1 Å². The van der Waals surface area contributed by atoms with Gasteiger partial charge in [-0.1, -0.05) is 0 Å². The standard InChI is InChI=1S/C9H15BrN4/c1-14(2)4-3-12-9-8(10)5-7(11)6-13-9/h5-6H,3-4,11H2,1-2H3,(H,12,13). The first-order chi connectivity index (χ1) is 6.59. The van der Waals surface area contributed by atoms with E-state index in [4.69, 9.17) is 5.73 Å². The Labute approximate surface area is 92.6 Å². The molecule has 0 atom stereocenters. The monoisotopic (exact) mass is 258 g/mol. The van der Waals surface area contributed by atoms with Gasteiger partial charge < -0.3 is 16.0 Å². The number of anilines is 2. The van der Waals surface area contributed by atoms with Crippen molar-refractivity contribution in [1.29, 1.82) is 0 Å². The van der Waals surface area contributed by atoms with Gasteiger partial charge in [0, 0.05) is 13.1 Å². The van der Waals surface area contributed by atoms with E-state index >= 15 is 0 Å². The second-order valence-electron chi connectivity index (χ2n) is 3.33. The van der Waals surface area contributed by atoms with Crippen LogP contribution in [0.5, 0.6) is 0 Å². The molecule has 5 heteroatoms.